The number of aliphatic imine (C=N–C) groups is 1. The quantitative estimate of drug-likeness (QED) is 0.603. The average molecular weight is 155 g/mol. The van der Waals surface area contributed by atoms with E-state index >= 15 is 0 Å². The van der Waals surface area contributed by atoms with Crippen molar-refractivity contribution < 1.29 is 0 Å². The summed E-state index contributed by atoms with van der Waals surface area (Å²) in [5.41, 5.74) is 0. The molecule has 0 spiro atoms. The molecule has 0 aromatic heterocycles. The van der Waals surface area contributed by atoms with E-state index in [0.717, 1.165) is 19.0 Å². The lowest BCUT2D eigenvalue weighted by Gasteiger charge is -2.27. The molecule has 1 aliphatic rings. The van der Waals surface area contributed by atoms with E-state index in [0.29, 0.717) is 6.04 Å². The fourth-order valence-corrected chi connectivity index (χ4v) is 1.13. The molecule has 0 saturated carbocycles. The van der Waals surface area contributed by atoms with Crippen molar-refractivity contribution in [3.8, 4) is 0 Å². The Labute approximate surface area is 68.5 Å². The van der Waals surface area contributed by atoms with E-state index in [1.807, 2.05) is 0 Å². The third-order valence-electron chi connectivity index (χ3n) is 1.69. The van der Waals surface area contributed by atoms with Gasteiger partial charge in [-0.1, -0.05) is 0 Å². The highest BCUT2D eigenvalue weighted by molar-refractivity contribution is 5.80. The molecule has 0 radical (unpaired) electrons. The summed E-state index contributed by atoms with van der Waals surface area (Å²) in [6.45, 7) is 6.36. The topological polar surface area (TPSA) is 27.6 Å². The molecule has 1 heterocycles. The minimum absolute atomic E-state index is 0.481. The molecule has 0 unspecified atom stereocenters. The number of nitrogens with zero attached hydrogens (tertiary/aromatic N) is 2. The fourth-order valence-electron chi connectivity index (χ4n) is 1.13. The van der Waals surface area contributed by atoms with E-state index in [2.05, 4.69) is 36.1 Å². The van der Waals surface area contributed by atoms with Crippen molar-refractivity contribution >= 4 is 5.96 Å². The van der Waals surface area contributed by atoms with Crippen LogP contribution in [0.5, 0.6) is 0 Å². The number of rotatable bonds is 1. The lowest BCUT2D eigenvalue weighted by molar-refractivity contribution is 0.439. The van der Waals surface area contributed by atoms with E-state index in [9.17, 15) is 0 Å². The Morgan fingerprint density at radius 1 is 1.55 bits per heavy atom. The molecule has 0 amide bonds. The first kappa shape index (κ1) is 8.37. The maximum atomic E-state index is 4.38. The van der Waals surface area contributed by atoms with Gasteiger partial charge in [-0.25, -0.2) is 0 Å². The van der Waals surface area contributed by atoms with Crippen LogP contribution in [0.25, 0.3) is 0 Å². The van der Waals surface area contributed by atoms with E-state index in [1.54, 1.807) is 0 Å². The van der Waals surface area contributed by atoms with Gasteiger partial charge in [0.25, 0.3) is 0 Å². The van der Waals surface area contributed by atoms with E-state index < -0.39 is 0 Å². The van der Waals surface area contributed by atoms with Gasteiger partial charge in [-0.05, 0) is 20.3 Å². The molecule has 11 heavy (non-hydrogen) atoms. The van der Waals surface area contributed by atoms with Crippen LogP contribution in [0.2, 0.25) is 0 Å². The molecule has 3 heteroatoms. The Morgan fingerprint density at radius 3 is 2.82 bits per heavy atom. The van der Waals surface area contributed by atoms with Gasteiger partial charge in [0.1, 0.15) is 0 Å². The monoisotopic (exact) mass is 155 g/mol. The molecule has 1 N–H and O–H groups in total. The number of guanidine groups is 1. The van der Waals surface area contributed by atoms with Crippen molar-refractivity contribution in [2.45, 2.75) is 26.3 Å². The number of hydrogen-bond acceptors (Lipinski definition) is 3. The van der Waals surface area contributed by atoms with Gasteiger partial charge in [-0.3, -0.25) is 4.99 Å². The Hall–Kier alpha value is -0.730. The summed E-state index contributed by atoms with van der Waals surface area (Å²) in [5.74, 6) is 1.05. The zero-order valence-electron chi connectivity index (χ0n) is 7.59. The molecule has 1 aliphatic heterocycles. The second kappa shape index (κ2) is 3.60. The standard InChI is InChI=1S/C8H17N3/c1-7(2)10-8-9-5-4-6-11(8)3/h7H,4-6H2,1-3H3,(H,9,10). The van der Waals surface area contributed by atoms with Crippen LogP contribution in [0.3, 0.4) is 0 Å². The van der Waals surface area contributed by atoms with Crippen LogP contribution in [0.1, 0.15) is 20.3 Å². The third kappa shape index (κ3) is 2.41. The van der Waals surface area contributed by atoms with Crippen LogP contribution >= 0.6 is 0 Å². The van der Waals surface area contributed by atoms with E-state index in [-0.39, 0.29) is 0 Å². The average Bonchev–Trinajstić information content (AvgIpc) is 1.93. The molecule has 1 rings (SSSR count). The second-order valence-electron chi connectivity index (χ2n) is 3.28. The summed E-state index contributed by atoms with van der Waals surface area (Å²) in [6.07, 6.45) is 1.18. The van der Waals surface area contributed by atoms with Gasteiger partial charge in [-0.2, -0.15) is 0 Å². The summed E-state index contributed by atoms with van der Waals surface area (Å²) in [7, 11) is 2.08. The predicted octanol–water partition coefficient (Wildman–Crippen LogP) is 0.676. The lowest BCUT2D eigenvalue weighted by Crippen LogP contribution is -2.44. The highest BCUT2D eigenvalue weighted by Crippen LogP contribution is 1.98. The van der Waals surface area contributed by atoms with Gasteiger partial charge < -0.3 is 10.2 Å². The van der Waals surface area contributed by atoms with Gasteiger partial charge in [0.15, 0.2) is 5.96 Å². The number of hydrogen-bond donors (Lipinski definition) is 1. The summed E-state index contributed by atoms with van der Waals surface area (Å²) >= 11 is 0. The zero-order valence-corrected chi connectivity index (χ0v) is 7.59. The molecule has 0 aromatic carbocycles. The molecule has 64 valence electrons. The van der Waals surface area contributed by atoms with Crippen LogP contribution in [-0.2, 0) is 0 Å². The zero-order chi connectivity index (χ0) is 8.27. The summed E-state index contributed by atoms with van der Waals surface area (Å²) in [4.78, 5) is 6.55. The Morgan fingerprint density at radius 2 is 2.27 bits per heavy atom. The van der Waals surface area contributed by atoms with Gasteiger partial charge in [0, 0.05) is 26.2 Å². The van der Waals surface area contributed by atoms with Crippen molar-refractivity contribution in [3.63, 3.8) is 0 Å². The molecular formula is C8H17N3. The van der Waals surface area contributed by atoms with Gasteiger partial charge in [0.2, 0.25) is 0 Å². The number of nitrogens with one attached hydrogen (secondary N) is 1. The lowest BCUT2D eigenvalue weighted by atomic mass is 10.3. The first-order valence-electron chi connectivity index (χ1n) is 4.22. The minimum Gasteiger partial charge on any atom is -0.354 e. The largest absolute Gasteiger partial charge is 0.354 e. The van der Waals surface area contributed by atoms with Crippen molar-refractivity contribution in [1.82, 2.24) is 10.2 Å². The van der Waals surface area contributed by atoms with Gasteiger partial charge in [0.05, 0.1) is 0 Å². The molecule has 3 nitrogen and oxygen atoms in total. The molecular weight excluding hydrogens is 138 g/mol. The summed E-state index contributed by atoms with van der Waals surface area (Å²) in [5, 5.41) is 3.31. The Kier molecular flexibility index (Phi) is 2.74. The first-order chi connectivity index (χ1) is 5.20. The van der Waals surface area contributed by atoms with E-state index in [1.165, 1.54) is 6.42 Å². The SMILES string of the molecule is CC(C)NC1=NCCCN1C. The summed E-state index contributed by atoms with van der Waals surface area (Å²) in [6, 6.07) is 0.481. The van der Waals surface area contributed by atoms with Crippen LogP contribution < -0.4 is 5.32 Å². The minimum atomic E-state index is 0.481. The smallest absolute Gasteiger partial charge is 0.193 e. The van der Waals surface area contributed by atoms with Crippen LogP contribution in [-0.4, -0.2) is 37.0 Å². The third-order valence-corrected chi connectivity index (χ3v) is 1.69. The van der Waals surface area contributed by atoms with Crippen LogP contribution in [0, 0.1) is 0 Å². The molecule has 0 saturated heterocycles. The normalized spacial score (nSPS) is 18.5. The highest BCUT2D eigenvalue weighted by Gasteiger charge is 2.10. The van der Waals surface area contributed by atoms with Crippen molar-refractivity contribution in [2.75, 3.05) is 20.1 Å². The fraction of sp³-hybridized carbons (Fsp3) is 0.875. The highest BCUT2D eigenvalue weighted by atomic mass is 15.3. The molecule has 0 fully saturated rings. The molecule has 0 aliphatic carbocycles. The second-order valence-corrected chi connectivity index (χ2v) is 3.28. The van der Waals surface area contributed by atoms with Gasteiger partial charge in [-0.15, -0.1) is 0 Å². The molecule has 0 atom stereocenters. The van der Waals surface area contributed by atoms with Crippen LogP contribution in [0.15, 0.2) is 4.99 Å². The van der Waals surface area contributed by atoms with Crippen molar-refractivity contribution in [2.24, 2.45) is 4.99 Å². The summed E-state index contributed by atoms with van der Waals surface area (Å²) < 4.78 is 0. The van der Waals surface area contributed by atoms with E-state index in [4.69, 9.17) is 0 Å². The first-order valence-corrected chi connectivity index (χ1v) is 4.22. The molecule has 0 bridgehead atoms. The van der Waals surface area contributed by atoms with Crippen molar-refractivity contribution in [3.05, 3.63) is 0 Å². The molecule has 0 aromatic rings. The maximum Gasteiger partial charge on any atom is 0.193 e. The predicted molar refractivity (Wildman–Crippen MR) is 47.8 cm³/mol. The van der Waals surface area contributed by atoms with Crippen LogP contribution in [0.4, 0.5) is 0 Å². The Balaban J connectivity index is 2.47. The van der Waals surface area contributed by atoms with Gasteiger partial charge >= 0.3 is 0 Å². The van der Waals surface area contributed by atoms with Crippen molar-refractivity contribution in [1.29, 1.82) is 0 Å². The maximum absolute atomic E-state index is 4.38. The Bertz CT molecular complexity index is 151.